The van der Waals surface area contributed by atoms with Crippen molar-refractivity contribution in [2.45, 2.75) is 52.4 Å². The molecule has 0 saturated carbocycles. The van der Waals surface area contributed by atoms with Gasteiger partial charge in [-0.15, -0.1) is 11.3 Å². The zero-order valence-electron chi connectivity index (χ0n) is 48.3. The van der Waals surface area contributed by atoms with Crippen molar-refractivity contribution in [1.29, 1.82) is 0 Å². The average molecular weight is 696 g/mol. The van der Waals surface area contributed by atoms with Crippen LogP contribution in [-0.2, 0) is 10.8 Å². The summed E-state index contributed by atoms with van der Waals surface area (Å²) in [4.78, 5) is 2.50. The minimum absolute atomic E-state index is 0.0153. The van der Waals surface area contributed by atoms with Crippen LogP contribution in [0, 0.1) is 0 Å². The van der Waals surface area contributed by atoms with Crippen molar-refractivity contribution in [3.8, 4) is 5.69 Å². The molecular weight excluding hydrogens is 637 g/mol. The Hall–Kier alpha value is -5.26. The van der Waals surface area contributed by atoms with Crippen molar-refractivity contribution >= 4 is 99.8 Å². The minimum Gasteiger partial charge on any atom is -0.310 e. The molecule has 0 amide bonds. The van der Waals surface area contributed by atoms with E-state index in [-0.39, 0.29) is 111 Å². The number of thiophene rings is 1. The number of hydrogen-bond acceptors (Lipinski definition) is 3. The normalized spacial score (nSPS) is 19.8. The van der Waals surface area contributed by atoms with Crippen molar-refractivity contribution in [3.63, 3.8) is 0 Å². The molecule has 11 rings (SSSR count). The number of para-hydroxylation sites is 3. The van der Waals surface area contributed by atoms with E-state index in [1.807, 2.05) is 0 Å². The highest BCUT2D eigenvalue weighted by atomic mass is 32.1. The molecule has 0 atom stereocenters. The van der Waals surface area contributed by atoms with Crippen LogP contribution in [0.15, 0.2) is 121 Å². The monoisotopic (exact) mass is 695 g/mol. The fourth-order valence-corrected chi connectivity index (χ4v) is 8.76. The lowest BCUT2D eigenvalue weighted by Gasteiger charge is -2.45. The van der Waals surface area contributed by atoms with Gasteiger partial charge in [-0.3, -0.25) is 0 Å². The third-order valence-electron chi connectivity index (χ3n) is 9.90. The van der Waals surface area contributed by atoms with E-state index in [4.69, 9.17) is 4.11 Å². The van der Waals surface area contributed by atoms with Gasteiger partial charge in [-0.2, -0.15) is 0 Å². The zero-order valence-corrected chi connectivity index (χ0v) is 29.1. The molecule has 5 heteroatoms. The summed E-state index contributed by atoms with van der Waals surface area (Å²) in [7, 11) is 0. The molecule has 246 valence electrons. The smallest absolute Gasteiger partial charge is 0.264 e. The number of aromatic nitrogens is 1. The van der Waals surface area contributed by atoms with Gasteiger partial charge in [0.15, 0.2) is 0 Å². The summed E-state index contributed by atoms with van der Waals surface area (Å²) in [6.45, 7) is 9.04. The first-order valence-electron chi connectivity index (χ1n) is 26.5. The number of benzene rings is 6. The second kappa shape index (κ2) is 9.74. The van der Waals surface area contributed by atoms with Gasteiger partial charge in [0, 0.05) is 42.7 Å². The molecule has 0 bridgehead atoms. The predicted octanol–water partition coefficient (Wildman–Crippen LogP) is 11.0. The number of fused-ring (bicyclic) bond motifs is 11. The molecule has 8 aromatic rings. The molecule has 51 heavy (non-hydrogen) atoms. The zero-order chi connectivity index (χ0) is 52.0. The molecular formula is C46H38BN3S. The molecule has 0 saturated heterocycles. The largest absolute Gasteiger partial charge is 0.310 e. The molecule has 0 N–H and O–H groups in total. The van der Waals surface area contributed by atoms with Crippen molar-refractivity contribution < 1.29 is 27.4 Å². The Balaban J connectivity index is 1.45. The summed E-state index contributed by atoms with van der Waals surface area (Å²) in [5.41, 5.74) is -3.95. The Kier molecular flexibility index (Phi) is 3.05. The van der Waals surface area contributed by atoms with E-state index in [1.54, 1.807) is 41.5 Å². The number of anilines is 6. The van der Waals surface area contributed by atoms with Gasteiger partial charge in [0.1, 0.15) is 0 Å². The van der Waals surface area contributed by atoms with E-state index in [0.717, 1.165) is 11.3 Å². The van der Waals surface area contributed by atoms with Gasteiger partial charge in [-0.25, -0.2) is 0 Å². The van der Waals surface area contributed by atoms with Gasteiger partial charge in [-0.1, -0.05) is 108 Å². The molecule has 5 heterocycles. The Morgan fingerprint density at radius 3 is 2.00 bits per heavy atom. The molecule has 3 aliphatic rings. The number of rotatable bonds is 1. The standard InChI is InChI=1S/C46H38BN3S/c1-45(2,3)27-20-23-29(24-21-27)48-35-16-11-17-36-40(35)47(44-42(48)32-26-28(46(4,5)6)22-25-39(32)51-44)33-14-10-19-38-43(33)50(36)37-18-9-13-31-30-12-7-8-15-34(30)49(38)41(31)37/h7-26H,1-6H3/i7D,8D,9D,10D,11D,12D,13D,14D,15D,16D,17D,18D,19D,20D,21D,22D,23D,24D,25D,26D. The first kappa shape index (κ1) is 16.0. The van der Waals surface area contributed by atoms with Crippen molar-refractivity contribution in [1.82, 2.24) is 4.57 Å². The van der Waals surface area contributed by atoms with E-state index >= 15 is 0 Å². The van der Waals surface area contributed by atoms with Gasteiger partial charge in [0.2, 0.25) is 0 Å². The summed E-state index contributed by atoms with van der Waals surface area (Å²) >= 11 is 0.906. The number of nitrogens with zero attached hydrogens (tertiary/aromatic N) is 3. The van der Waals surface area contributed by atoms with Crippen molar-refractivity contribution in [2.24, 2.45) is 0 Å². The Labute approximate surface area is 331 Å². The summed E-state index contributed by atoms with van der Waals surface area (Å²) in [5.74, 6) is 0. The maximum Gasteiger partial charge on any atom is 0.264 e. The van der Waals surface area contributed by atoms with Crippen LogP contribution < -0.4 is 25.5 Å². The van der Waals surface area contributed by atoms with Crippen molar-refractivity contribution in [3.05, 3.63) is 132 Å². The van der Waals surface area contributed by atoms with Crippen LogP contribution in [0.2, 0.25) is 0 Å². The Bertz CT molecular complexity index is 3910. The summed E-state index contributed by atoms with van der Waals surface area (Å²) in [6, 6.07) is -11.3. The van der Waals surface area contributed by atoms with Crippen LogP contribution >= 0.6 is 11.3 Å². The van der Waals surface area contributed by atoms with Crippen LogP contribution in [-0.4, -0.2) is 11.3 Å². The van der Waals surface area contributed by atoms with E-state index in [2.05, 4.69) is 0 Å². The van der Waals surface area contributed by atoms with Gasteiger partial charge in [0.25, 0.3) is 6.71 Å². The first-order chi connectivity index (χ1) is 32.9. The lowest BCUT2D eigenvalue weighted by Crippen LogP contribution is -2.60. The van der Waals surface area contributed by atoms with E-state index in [0.29, 0.717) is 0 Å². The summed E-state index contributed by atoms with van der Waals surface area (Å²) in [6.07, 6.45) is 0. The Morgan fingerprint density at radius 2 is 1.22 bits per heavy atom. The van der Waals surface area contributed by atoms with E-state index < -0.39 is 126 Å². The highest BCUT2D eigenvalue weighted by molar-refractivity contribution is 7.33. The quantitative estimate of drug-likeness (QED) is 0.158. The molecule has 3 aliphatic heterocycles. The minimum atomic E-state index is -1.43. The first-order valence-corrected chi connectivity index (χ1v) is 17.4. The van der Waals surface area contributed by atoms with Crippen LogP contribution in [0.3, 0.4) is 0 Å². The molecule has 2 aromatic heterocycles. The summed E-state index contributed by atoms with van der Waals surface area (Å²) < 4.78 is 190. The molecule has 3 nitrogen and oxygen atoms in total. The third kappa shape index (κ3) is 3.80. The lowest BCUT2D eigenvalue weighted by atomic mass is 9.36. The Morgan fingerprint density at radius 1 is 0.569 bits per heavy atom. The van der Waals surface area contributed by atoms with E-state index in [9.17, 15) is 23.3 Å². The SMILES string of the molecule is [2H]c1c([2H])c2c3c(c1[2H])N1c4c(c([2H])c([2H])c([2H])c4-n4c5c([2H])c([2H])c([2H])c([2H])c5c5c([2H])c([2H])c([2H])c1c54)B3c1sc3c([2H])c([2H])c(C(C)(C)C)c([2H])c3c1N2c1c([2H])c([2H])c(C(C)(C)C)c([2H])c1[2H]. The molecule has 0 spiro atoms. The van der Waals surface area contributed by atoms with Crippen LogP contribution in [0.25, 0.3) is 37.6 Å². The predicted molar refractivity (Wildman–Crippen MR) is 221 cm³/mol. The fraction of sp³-hybridized carbons (Fsp3) is 0.174. The lowest BCUT2D eigenvalue weighted by molar-refractivity contribution is 0.590. The van der Waals surface area contributed by atoms with Gasteiger partial charge in [0.05, 0.1) is 61.2 Å². The average Bonchev–Trinajstić information content (AvgIpc) is 3.87. The summed E-state index contributed by atoms with van der Waals surface area (Å²) in [5, 5.41) is -0.436. The number of hydrogen-bond donors (Lipinski definition) is 0. The van der Waals surface area contributed by atoms with Crippen molar-refractivity contribution in [2.75, 3.05) is 9.80 Å². The van der Waals surface area contributed by atoms with Crippen LogP contribution in [0.5, 0.6) is 0 Å². The molecule has 0 aliphatic carbocycles. The fourth-order valence-electron chi connectivity index (χ4n) is 7.55. The highest BCUT2D eigenvalue weighted by Crippen LogP contribution is 2.53. The topological polar surface area (TPSA) is 11.4 Å². The highest BCUT2D eigenvalue weighted by Gasteiger charge is 2.47. The van der Waals surface area contributed by atoms with Crippen LogP contribution in [0.1, 0.15) is 80.1 Å². The maximum atomic E-state index is 9.91. The molecule has 0 fully saturated rings. The molecule has 0 unspecified atom stereocenters. The van der Waals surface area contributed by atoms with Gasteiger partial charge in [-0.05, 0) is 87.3 Å². The second-order valence-electron chi connectivity index (χ2n) is 15.1. The van der Waals surface area contributed by atoms with Gasteiger partial charge < -0.3 is 14.4 Å². The van der Waals surface area contributed by atoms with Crippen LogP contribution in [0.4, 0.5) is 34.1 Å². The van der Waals surface area contributed by atoms with Gasteiger partial charge >= 0.3 is 0 Å². The molecule has 0 radical (unpaired) electrons. The second-order valence-corrected chi connectivity index (χ2v) is 16.1. The maximum absolute atomic E-state index is 9.91. The third-order valence-corrected chi connectivity index (χ3v) is 11.1. The molecule has 6 aromatic carbocycles. The van der Waals surface area contributed by atoms with E-state index in [1.165, 1.54) is 14.4 Å².